The van der Waals surface area contributed by atoms with Gasteiger partial charge in [0.15, 0.2) is 0 Å². The van der Waals surface area contributed by atoms with E-state index in [0.717, 1.165) is 38.1 Å². The normalized spacial score (nSPS) is 22.2. The summed E-state index contributed by atoms with van der Waals surface area (Å²) in [5.41, 5.74) is -0.119. The minimum absolute atomic E-state index is 0.128. The molecule has 0 saturated carbocycles. The Labute approximate surface area is 110 Å². The van der Waals surface area contributed by atoms with Gasteiger partial charge in [-0.15, -0.1) is 0 Å². The Morgan fingerprint density at radius 1 is 1.37 bits per heavy atom. The molecule has 1 heterocycles. The molecule has 106 valence electrons. The zero-order valence-electron chi connectivity index (χ0n) is 10.6. The maximum absolute atomic E-state index is 12.6. The van der Waals surface area contributed by atoms with Gasteiger partial charge in [0.2, 0.25) is 0 Å². The van der Waals surface area contributed by atoms with Crippen LogP contribution in [-0.2, 0) is 12.6 Å². The van der Waals surface area contributed by atoms with E-state index in [1.165, 1.54) is 6.07 Å². The Morgan fingerprint density at radius 3 is 2.79 bits per heavy atom. The Balaban J connectivity index is 2.02. The van der Waals surface area contributed by atoms with Crippen molar-refractivity contribution in [1.82, 2.24) is 5.32 Å². The van der Waals surface area contributed by atoms with Crippen LogP contribution >= 0.6 is 0 Å². The van der Waals surface area contributed by atoms with Crippen molar-refractivity contribution in [3.63, 3.8) is 0 Å². The quantitative estimate of drug-likeness (QED) is 0.887. The second kappa shape index (κ2) is 5.92. The van der Waals surface area contributed by atoms with E-state index in [1.54, 1.807) is 6.07 Å². The van der Waals surface area contributed by atoms with E-state index in [2.05, 4.69) is 5.32 Å². The molecule has 1 fully saturated rings. The second-order valence-electron chi connectivity index (χ2n) is 5.08. The second-order valence-corrected chi connectivity index (χ2v) is 5.08. The van der Waals surface area contributed by atoms with Crippen molar-refractivity contribution >= 4 is 0 Å². The molecule has 2 atom stereocenters. The average Bonchev–Trinajstić information content (AvgIpc) is 2.39. The molecule has 2 unspecified atom stereocenters. The van der Waals surface area contributed by atoms with Gasteiger partial charge in [-0.25, -0.2) is 0 Å². The van der Waals surface area contributed by atoms with Crippen LogP contribution in [0.3, 0.4) is 0 Å². The van der Waals surface area contributed by atoms with E-state index in [4.69, 9.17) is 0 Å². The first-order valence-corrected chi connectivity index (χ1v) is 6.52. The molecule has 0 spiro atoms. The average molecular weight is 273 g/mol. The maximum Gasteiger partial charge on any atom is 0.416 e. The first-order chi connectivity index (χ1) is 8.97. The van der Waals surface area contributed by atoms with Gasteiger partial charge in [0.1, 0.15) is 0 Å². The van der Waals surface area contributed by atoms with Gasteiger partial charge in [-0.05, 0) is 43.4 Å². The monoisotopic (exact) mass is 273 g/mol. The highest BCUT2D eigenvalue weighted by Crippen LogP contribution is 2.30. The van der Waals surface area contributed by atoms with Crippen molar-refractivity contribution in [3.8, 4) is 0 Å². The third-order valence-corrected chi connectivity index (χ3v) is 3.58. The van der Waals surface area contributed by atoms with E-state index in [9.17, 15) is 18.3 Å². The first kappa shape index (κ1) is 14.3. The Bertz CT molecular complexity index is 413. The van der Waals surface area contributed by atoms with Crippen LogP contribution in [0.4, 0.5) is 13.2 Å². The molecule has 1 saturated heterocycles. The van der Waals surface area contributed by atoms with Gasteiger partial charge >= 0.3 is 6.18 Å². The van der Waals surface area contributed by atoms with Crippen LogP contribution in [-0.4, -0.2) is 24.3 Å². The van der Waals surface area contributed by atoms with Crippen LogP contribution in [0.2, 0.25) is 0 Å². The van der Waals surface area contributed by atoms with Gasteiger partial charge in [0.05, 0.1) is 11.7 Å². The molecule has 0 amide bonds. The molecular weight excluding hydrogens is 255 g/mol. The molecule has 0 aliphatic carbocycles. The van der Waals surface area contributed by atoms with Crippen molar-refractivity contribution in [2.45, 2.75) is 31.5 Å². The molecule has 1 aromatic carbocycles. The summed E-state index contributed by atoms with van der Waals surface area (Å²) in [6.45, 7) is 1.69. The molecule has 2 rings (SSSR count). The number of hydrogen-bond acceptors (Lipinski definition) is 2. The minimum Gasteiger partial charge on any atom is -0.392 e. The number of hydrogen-bond donors (Lipinski definition) is 2. The Hall–Kier alpha value is -1.07. The summed E-state index contributed by atoms with van der Waals surface area (Å²) in [5.74, 6) is 0.128. The van der Waals surface area contributed by atoms with Gasteiger partial charge in [-0.2, -0.15) is 13.2 Å². The summed E-state index contributed by atoms with van der Waals surface area (Å²) in [4.78, 5) is 0. The molecule has 0 bridgehead atoms. The Kier molecular flexibility index (Phi) is 4.47. The molecule has 1 aliphatic heterocycles. The molecule has 0 aromatic heterocycles. The van der Waals surface area contributed by atoms with Gasteiger partial charge in [0.25, 0.3) is 0 Å². The molecular formula is C14H18F3NO. The van der Waals surface area contributed by atoms with Crippen molar-refractivity contribution < 1.29 is 18.3 Å². The van der Waals surface area contributed by atoms with Crippen molar-refractivity contribution in [1.29, 1.82) is 0 Å². The minimum atomic E-state index is -4.33. The van der Waals surface area contributed by atoms with Crippen LogP contribution in [0.15, 0.2) is 24.3 Å². The molecule has 2 N–H and O–H groups in total. The zero-order chi connectivity index (χ0) is 13.9. The van der Waals surface area contributed by atoms with Crippen molar-refractivity contribution in [2.24, 2.45) is 5.92 Å². The van der Waals surface area contributed by atoms with E-state index >= 15 is 0 Å². The number of piperidine rings is 1. The third kappa shape index (κ3) is 3.94. The fourth-order valence-electron chi connectivity index (χ4n) is 2.49. The summed E-state index contributed by atoms with van der Waals surface area (Å²) >= 11 is 0. The first-order valence-electron chi connectivity index (χ1n) is 6.52. The summed E-state index contributed by atoms with van der Waals surface area (Å²) in [6.07, 6.45) is -2.71. The van der Waals surface area contributed by atoms with Crippen LogP contribution in [0, 0.1) is 5.92 Å². The number of aliphatic hydroxyl groups excluding tert-OH is 1. The lowest BCUT2D eigenvalue weighted by Crippen LogP contribution is -2.37. The third-order valence-electron chi connectivity index (χ3n) is 3.58. The van der Waals surface area contributed by atoms with Crippen molar-refractivity contribution in [3.05, 3.63) is 35.4 Å². The maximum atomic E-state index is 12.6. The number of nitrogens with one attached hydrogen (secondary N) is 1. The highest BCUT2D eigenvalue weighted by atomic mass is 19.4. The number of alkyl halides is 3. The predicted molar refractivity (Wildman–Crippen MR) is 66.7 cm³/mol. The molecule has 0 radical (unpaired) electrons. The lowest BCUT2D eigenvalue weighted by Gasteiger charge is -2.27. The fraction of sp³-hybridized carbons (Fsp3) is 0.571. The number of rotatable bonds is 3. The lowest BCUT2D eigenvalue weighted by atomic mass is 9.89. The molecule has 5 heteroatoms. The lowest BCUT2D eigenvalue weighted by molar-refractivity contribution is -0.137. The number of halogens is 3. The number of benzene rings is 1. The number of aliphatic hydroxyl groups is 1. The fourth-order valence-corrected chi connectivity index (χ4v) is 2.49. The molecule has 1 aromatic rings. The SMILES string of the molecule is OC(Cc1cccc(C(F)(F)F)c1)C1CCCNC1. The van der Waals surface area contributed by atoms with Gasteiger partial charge in [0, 0.05) is 6.54 Å². The largest absolute Gasteiger partial charge is 0.416 e. The standard InChI is InChI=1S/C14H18F3NO/c15-14(16,17)12-5-1-3-10(7-12)8-13(19)11-4-2-6-18-9-11/h1,3,5,7,11,13,18-19H,2,4,6,8-9H2. The molecule has 19 heavy (non-hydrogen) atoms. The highest BCUT2D eigenvalue weighted by Gasteiger charge is 2.30. The topological polar surface area (TPSA) is 32.3 Å². The zero-order valence-corrected chi connectivity index (χ0v) is 10.6. The van der Waals surface area contributed by atoms with Crippen molar-refractivity contribution in [2.75, 3.05) is 13.1 Å². The molecule has 1 aliphatic rings. The van der Waals surface area contributed by atoms with Crippen LogP contribution in [0.25, 0.3) is 0 Å². The summed E-state index contributed by atoms with van der Waals surface area (Å²) in [6, 6.07) is 5.20. The van der Waals surface area contributed by atoms with Crippen LogP contribution in [0.5, 0.6) is 0 Å². The van der Waals surface area contributed by atoms with Crippen LogP contribution < -0.4 is 5.32 Å². The van der Waals surface area contributed by atoms with Gasteiger partial charge in [-0.1, -0.05) is 18.2 Å². The van der Waals surface area contributed by atoms with Gasteiger partial charge < -0.3 is 10.4 Å². The summed E-state index contributed by atoms with van der Waals surface area (Å²) in [5, 5.41) is 13.3. The molecule has 2 nitrogen and oxygen atoms in total. The Morgan fingerprint density at radius 2 is 2.16 bits per heavy atom. The van der Waals surface area contributed by atoms with Gasteiger partial charge in [-0.3, -0.25) is 0 Å². The van der Waals surface area contributed by atoms with E-state index < -0.39 is 17.8 Å². The van der Waals surface area contributed by atoms with E-state index in [-0.39, 0.29) is 12.3 Å². The predicted octanol–water partition coefficient (Wildman–Crippen LogP) is 2.61. The van der Waals surface area contributed by atoms with Crippen LogP contribution in [0.1, 0.15) is 24.0 Å². The summed E-state index contributed by atoms with van der Waals surface area (Å²) in [7, 11) is 0. The van der Waals surface area contributed by atoms with E-state index in [0.29, 0.717) is 5.56 Å². The summed E-state index contributed by atoms with van der Waals surface area (Å²) < 4.78 is 37.8. The van der Waals surface area contributed by atoms with E-state index in [1.807, 2.05) is 0 Å². The highest BCUT2D eigenvalue weighted by molar-refractivity contribution is 5.26. The smallest absolute Gasteiger partial charge is 0.392 e.